The molecular weight excluding hydrogens is 434 g/mol. The van der Waals surface area contributed by atoms with Gasteiger partial charge in [0.25, 0.3) is 5.56 Å². The van der Waals surface area contributed by atoms with Crippen LogP contribution in [0.4, 0.5) is 5.69 Å². The summed E-state index contributed by atoms with van der Waals surface area (Å²) in [5, 5.41) is 12.6. The second kappa shape index (κ2) is 9.02. The average molecular weight is 462 g/mol. The van der Waals surface area contributed by atoms with Crippen LogP contribution in [0.3, 0.4) is 0 Å². The maximum absolute atomic E-state index is 13.1. The molecule has 1 unspecified atom stereocenters. The predicted molar refractivity (Wildman–Crippen MR) is 132 cm³/mol. The molecule has 5 rings (SSSR count). The Bertz CT molecular complexity index is 1410. The fourth-order valence-electron chi connectivity index (χ4n) is 4.43. The number of unbranched alkanes of at least 4 members (excludes halogenated alkanes) is 1. The Morgan fingerprint density at radius 1 is 1.15 bits per heavy atom. The summed E-state index contributed by atoms with van der Waals surface area (Å²) in [6.45, 7) is 4.54. The van der Waals surface area contributed by atoms with E-state index in [2.05, 4.69) is 34.6 Å². The van der Waals surface area contributed by atoms with Crippen molar-refractivity contribution in [2.45, 2.75) is 62.9 Å². The number of amides is 1. The van der Waals surface area contributed by atoms with Gasteiger partial charge in [-0.2, -0.15) is 0 Å². The van der Waals surface area contributed by atoms with Crippen LogP contribution in [0, 0.1) is 0 Å². The number of para-hydroxylation sites is 1. The first kappa shape index (κ1) is 21.7. The molecule has 7 nitrogen and oxygen atoms in total. The lowest BCUT2D eigenvalue weighted by Gasteiger charge is -2.14. The molecule has 0 aliphatic heterocycles. The molecule has 0 bridgehead atoms. The standard InChI is InChI=1S/C25H27N5O2S/c1-3-4-14-29-23(32)20-10-5-6-11-21(20)30-24(29)27-28-25(30)33-16(2)22(31)26-19-13-12-17-8-7-9-18(17)15-19/h5-6,10-13,15-16H,3-4,7-9,14H2,1-2H3,(H,26,31). The van der Waals surface area contributed by atoms with Crippen molar-refractivity contribution in [2.24, 2.45) is 0 Å². The number of aromatic nitrogens is 4. The van der Waals surface area contributed by atoms with Crippen LogP contribution in [0.1, 0.15) is 44.2 Å². The molecule has 1 N–H and O–H groups in total. The maximum Gasteiger partial charge on any atom is 0.262 e. The van der Waals surface area contributed by atoms with Crippen molar-refractivity contribution in [3.63, 3.8) is 0 Å². The van der Waals surface area contributed by atoms with Crippen molar-refractivity contribution >= 4 is 40.0 Å². The molecule has 0 radical (unpaired) electrons. The van der Waals surface area contributed by atoms with Crippen LogP contribution >= 0.6 is 11.8 Å². The number of nitrogens with zero attached hydrogens (tertiary/aromatic N) is 4. The van der Waals surface area contributed by atoms with Crippen molar-refractivity contribution in [3.05, 3.63) is 63.9 Å². The van der Waals surface area contributed by atoms with Crippen molar-refractivity contribution in [2.75, 3.05) is 5.32 Å². The van der Waals surface area contributed by atoms with Crippen molar-refractivity contribution in [1.29, 1.82) is 0 Å². The van der Waals surface area contributed by atoms with E-state index in [9.17, 15) is 9.59 Å². The fourth-order valence-corrected chi connectivity index (χ4v) is 5.29. The third-order valence-corrected chi connectivity index (χ3v) is 7.27. The van der Waals surface area contributed by atoms with Gasteiger partial charge in [0.15, 0.2) is 5.16 Å². The first-order valence-corrected chi connectivity index (χ1v) is 12.4. The van der Waals surface area contributed by atoms with Gasteiger partial charge in [-0.1, -0.05) is 43.3 Å². The average Bonchev–Trinajstić information content (AvgIpc) is 3.46. The van der Waals surface area contributed by atoms with Crippen molar-refractivity contribution < 1.29 is 4.79 Å². The smallest absolute Gasteiger partial charge is 0.262 e. The van der Waals surface area contributed by atoms with E-state index in [0.717, 1.165) is 36.9 Å². The second-order valence-corrected chi connectivity index (χ2v) is 9.84. The van der Waals surface area contributed by atoms with E-state index in [1.165, 1.54) is 29.3 Å². The highest BCUT2D eigenvalue weighted by Crippen LogP contribution is 2.28. The van der Waals surface area contributed by atoms with E-state index in [4.69, 9.17) is 0 Å². The molecule has 0 saturated heterocycles. The number of aryl methyl sites for hydroxylation is 3. The fraction of sp³-hybridized carbons (Fsp3) is 0.360. The van der Waals surface area contributed by atoms with E-state index >= 15 is 0 Å². The minimum atomic E-state index is -0.388. The summed E-state index contributed by atoms with van der Waals surface area (Å²) in [6, 6.07) is 13.7. The van der Waals surface area contributed by atoms with E-state index in [-0.39, 0.29) is 16.7 Å². The van der Waals surface area contributed by atoms with Gasteiger partial charge in [-0.05, 0) is 68.0 Å². The van der Waals surface area contributed by atoms with Crippen LogP contribution in [0.25, 0.3) is 16.7 Å². The second-order valence-electron chi connectivity index (χ2n) is 8.53. The first-order chi connectivity index (χ1) is 16.1. The molecule has 4 aromatic rings. The number of rotatable bonds is 7. The number of fused-ring (bicyclic) bond motifs is 4. The topological polar surface area (TPSA) is 81.3 Å². The molecule has 1 amide bonds. The van der Waals surface area contributed by atoms with Crippen LogP contribution in [0.2, 0.25) is 0 Å². The summed E-state index contributed by atoms with van der Waals surface area (Å²) in [5.41, 5.74) is 4.24. The molecule has 0 spiro atoms. The highest BCUT2D eigenvalue weighted by Gasteiger charge is 2.22. The van der Waals surface area contributed by atoms with E-state index < -0.39 is 0 Å². The van der Waals surface area contributed by atoms with Crippen LogP contribution in [0.5, 0.6) is 0 Å². The molecule has 2 aromatic carbocycles. The van der Waals surface area contributed by atoms with Crippen LogP contribution < -0.4 is 10.9 Å². The largest absolute Gasteiger partial charge is 0.325 e. The Labute approximate surface area is 196 Å². The number of thioether (sulfide) groups is 1. The summed E-state index contributed by atoms with van der Waals surface area (Å²) in [5.74, 6) is 0.430. The maximum atomic E-state index is 13.1. The van der Waals surface area contributed by atoms with Gasteiger partial charge >= 0.3 is 0 Å². The predicted octanol–water partition coefficient (Wildman–Crippen LogP) is 4.45. The highest BCUT2D eigenvalue weighted by atomic mass is 32.2. The molecule has 0 saturated carbocycles. The Morgan fingerprint density at radius 2 is 1.97 bits per heavy atom. The number of hydrogen-bond donors (Lipinski definition) is 1. The summed E-state index contributed by atoms with van der Waals surface area (Å²) < 4.78 is 3.59. The molecule has 1 aliphatic rings. The summed E-state index contributed by atoms with van der Waals surface area (Å²) in [6.07, 6.45) is 5.22. The SMILES string of the molecule is CCCCn1c(=O)c2ccccc2n2c(SC(C)C(=O)Nc3ccc4c(c3)CCC4)nnc12. The molecule has 1 aliphatic carbocycles. The van der Waals surface area contributed by atoms with Gasteiger partial charge < -0.3 is 5.32 Å². The quantitative estimate of drug-likeness (QED) is 0.411. The third kappa shape index (κ3) is 4.04. The van der Waals surface area contributed by atoms with Gasteiger partial charge in [0.1, 0.15) is 0 Å². The lowest BCUT2D eigenvalue weighted by molar-refractivity contribution is -0.115. The Morgan fingerprint density at radius 3 is 2.82 bits per heavy atom. The van der Waals surface area contributed by atoms with E-state index in [1.807, 2.05) is 41.7 Å². The van der Waals surface area contributed by atoms with Gasteiger partial charge in [0, 0.05) is 12.2 Å². The number of carbonyl (C=O) groups excluding carboxylic acids is 1. The number of anilines is 1. The number of nitrogens with one attached hydrogen (secondary N) is 1. The molecule has 170 valence electrons. The van der Waals surface area contributed by atoms with E-state index in [0.29, 0.717) is 22.9 Å². The van der Waals surface area contributed by atoms with Crippen LogP contribution in [0.15, 0.2) is 52.4 Å². The Hall–Kier alpha value is -3.13. The monoisotopic (exact) mass is 461 g/mol. The Kier molecular flexibility index (Phi) is 5.93. The molecule has 1 atom stereocenters. The first-order valence-electron chi connectivity index (χ1n) is 11.5. The lowest BCUT2D eigenvalue weighted by Crippen LogP contribution is -2.24. The van der Waals surface area contributed by atoms with Gasteiger partial charge in [0.2, 0.25) is 11.7 Å². The minimum Gasteiger partial charge on any atom is -0.325 e. The normalized spacial score (nSPS) is 14.0. The van der Waals surface area contributed by atoms with Gasteiger partial charge in [-0.25, -0.2) is 0 Å². The Balaban J connectivity index is 1.45. The molecule has 33 heavy (non-hydrogen) atoms. The number of carbonyl (C=O) groups is 1. The molecule has 0 fully saturated rings. The van der Waals surface area contributed by atoms with Gasteiger partial charge in [-0.15, -0.1) is 10.2 Å². The van der Waals surface area contributed by atoms with Crippen molar-refractivity contribution in [3.8, 4) is 0 Å². The van der Waals surface area contributed by atoms with Gasteiger partial charge in [-0.3, -0.25) is 18.6 Å². The molecule has 2 heterocycles. The molecule has 8 heteroatoms. The lowest BCUT2D eigenvalue weighted by atomic mass is 10.1. The zero-order chi connectivity index (χ0) is 22.9. The number of benzene rings is 2. The number of hydrogen-bond acceptors (Lipinski definition) is 5. The summed E-state index contributed by atoms with van der Waals surface area (Å²) >= 11 is 1.35. The summed E-state index contributed by atoms with van der Waals surface area (Å²) in [4.78, 5) is 26.0. The third-order valence-electron chi connectivity index (χ3n) is 6.23. The highest BCUT2D eigenvalue weighted by molar-refractivity contribution is 8.00. The molecular formula is C25H27N5O2S. The van der Waals surface area contributed by atoms with E-state index in [1.54, 1.807) is 4.57 Å². The molecule has 2 aromatic heterocycles. The van der Waals surface area contributed by atoms with Crippen molar-refractivity contribution in [1.82, 2.24) is 19.2 Å². The minimum absolute atomic E-state index is 0.0575. The zero-order valence-corrected chi connectivity index (χ0v) is 19.7. The van der Waals surface area contributed by atoms with Crippen LogP contribution in [-0.4, -0.2) is 30.3 Å². The zero-order valence-electron chi connectivity index (χ0n) is 18.9. The summed E-state index contributed by atoms with van der Waals surface area (Å²) in [7, 11) is 0. The van der Waals surface area contributed by atoms with Gasteiger partial charge in [0.05, 0.1) is 16.2 Å². The van der Waals surface area contributed by atoms with Crippen LogP contribution in [-0.2, 0) is 24.2 Å².